The lowest BCUT2D eigenvalue weighted by Gasteiger charge is -2.39. The number of aliphatic hydroxyl groups is 3. The minimum atomic E-state index is -1.64. The van der Waals surface area contributed by atoms with E-state index in [1.54, 1.807) is 0 Å². The zero-order chi connectivity index (χ0) is 17.9. The van der Waals surface area contributed by atoms with E-state index in [9.17, 15) is 30.1 Å². The number of carbonyl (C=O) groups is 1. The van der Waals surface area contributed by atoms with Crippen LogP contribution in [0.3, 0.4) is 0 Å². The second-order valence-electron chi connectivity index (χ2n) is 5.13. The van der Waals surface area contributed by atoms with Gasteiger partial charge in [-0.05, 0) is 0 Å². The molecule has 5 unspecified atom stereocenters. The minimum Gasteiger partial charge on any atom is -0.762 e. The van der Waals surface area contributed by atoms with Crippen molar-refractivity contribution < 1.29 is 39.3 Å². The molecule has 4 N–H and O–H groups in total. The van der Waals surface area contributed by atoms with E-state index in [0.29, 0.717) is 0 Å². The largest absolute Gasteiger partial charge is 0.762 e. The maximum absolute atomic E-state index is 11.4. The molecule has 5 atom stereocenters. The minimum absolute atomic E-state index is 0.399. The lowest BCUT2D eigenvalue weighted by atomic mass is 9.98. The number of aliphatic hydroxyl groups excluding tert-OH is 3. The fourth-order valence-electron chi connectivity index (χ4n) is 2.15. The number of carbonyl (C=O) groups excluding carboxylic acids is 1. The van der Waals surface area contributed by atoms with E-state index in [4.69, 9.17) is 19.2 Å². The molecular formula is C12H17N2O10-. The molecule has 1 fully saturated rings. The van der Waals surface area contributed by atoms with Gasteiger partial charge in [-0.2, -0.15) is 4.74 Å². The van der Waals surface area contributed by atoms with Crippen LogP contribution in [0.1, 0.15) is 12.6 Å². The van der Waals surface area contributed by atoms with Crippen molar-refractivity contribution in [1.82, 2.24) is 9.97 Å². The molecule has 0 amide bonds. The van der Waals surface area contributed by atoms with E-state index in [2.05, 4.69) is 0 Å². The van der Waals surface area contributed by atoms with E-state index in [1.807, 2.05) is 0 Å². The first-order chi connectivity index (χ1) is 11.3. The molecule has 1 aliphatic rings. The van der Waals surface area contributed by atoms with Gasteiger partial charge < -0.3 is 39.7 Å². The van der Waals surface area contributed by atoms with Crippen LogP contribution >= 0.6 is 0 Å². The second-order valence-corrected chi connectivity index (χ2v) is 5.13. The Morgan fingerprint density at radius 1 is 1.33 bits per heavy atom. The Balaban J connectivity index is 1.98. The smallest absolute Gasteiger partial charge is 0.357 e. The quantitative estimate of drug-likeness (QED) is 0.316. The Kier molecular flexibility index (Phi) is 6.06. The van der Waals surface area contributed by atoms with Gasteiger partial charge in [0.05, 0.1) is 6.42 Å². The predicted octanol–water partition coefficient (Wildman–Crippen LogP) is -2.46. The third kappa shape index (κ3) is 4.39. The van der Waals surface area contributed by atoms with Gasteiger partial charge in [0.2, 0.25) is 0 Å². The molecule has 0 aromatic carbocycles. The summed E-state index contributed by atoms with van der Waals surface area (Å²) in [5, 5.41) is 47.9. The van der Waals surface area contributed by atoms with Crippen LogP contribution in [0.2, 0.25) is 0 Å². The molecule has 0 radical (unpaired) electrons. The first-order valence-electron chi connectivity index (χ1n) is 6.97. The molecule has 12 nitrogen and oxygen atoms in total. The standard InChI is InChI=1S/C12H17N2O10/c15-7(2-4-14(20)21)22-5-6-9(17)10(18)11(19)12(23-6)13-3-1-8(16)24-13/h1,3,6,9-12,17-20H,2,4-5H2/q-1. The lowest BCUT2D eigenvalue weighted by Crippen LogP contribution is -2.56. The average Bonchev–Trinajstić information content (AvgIpc) is 2.96. The van der Waals surface area contributed by atoms with Gasteiger partial charge >= 0.3 is 11.6 Å². The van der Waals surface area contributed by atoms with E-state index in [-0.39, 0.29) is 0 Å². The van der Waals surface area contributed by atoms with Crippen molar-refractivity contribution in [2.45, 2.75) is 37.1 Å². The first-order valence-corrected chi connectivity index (χ1v) is 6.97. The highest BCUT2D eigenvalue weighted by Gasteiger charge is 2.45. The van der Waals surface area contributed by atoms with Crippen LogP contribution in [0.5, 0.6) is 0 Å². The number of rotatable bonds is 6. The Morgan fingerprint density at radius 3 is 2.62 bits per heavy atom. The fraction of sp³-hybridized carbons (Fsp3) is 0.667. The van der Waals surface area contributed by atoms with Crippen LogP contribution in [-0.2, 0) is 14.3 Å². The molecule has 2 rings (SSSR count). The molecule has 1 saturated heterocycles. The van der Waals surface area contributed by atoms with Crippen molar-refractivity contribution in [1.29, 1.82) is 0 Å². The molecule has 2 heterocycles. The van der Waals surface area contributed by atoms with Gasteiger partial charge in [0.1, 0.15) is 31.0 Å². The Hall–Kier alpha value is -1.80. The van der Waals surface area contributed by atoms with E-state index < -0.39 is 67.0 Å². The second kappa shape index (κ2) is 7.85. The first kappa shape index (κ1) is 18.5. The summed E-state index contributed by atoms with van der Waals surface area (Å²) in [7, 11) is 0. The summed E-state index contributed by atoms with van der Waals surface area (Å²) in [5.41, 5.74) is -0.708. The zero-order valence-corrected chi connectivity index (χ0v) is 12.3. The monoisotopic (exact) mass is 349 g/mol. The summed E-state index contributed by atoms with van der Waals surface area (Å²) in [6, 6.07) is 1.06. The molecule has 1 aromatic heterocycles. The summed E-state index contributed by atoms with van der Waals surface area (Å²) in [4.78, 5) is 22.4. The molecule has 1 aromatic rings. The Labute approximate surface area is 134 Å². The molecular weight excluding hydrogens is 332 g/mol. The van der Waals surface area contributed by atoms with Gasteiger partial charge in [-0.3, -0.25) is 10.0 Å². The molecule has 1 aliphatic heterocycles. The van der Waals surface area contributed by atoms with Crippen LogP contribution in [0.15, 0.2) is 21.6 Å². The number of ether oxygens (including phenoxy) is 2. The lowest BCUT2D eigenvalue weighted by molar-refractivity contribution is -0.265. The molecule has 0 saturated carbocycles. The Morgan fingerprint density at radius 2 is 2.04 bits per heavy atom. The predicted molar refractivity (Wildman–Crippen MR) is 72.3 cm³/mol. The van der Waals surface area contributed by atoms with Gasteiger partial charge in [0, 0.05) is 18.8 Å². The van der Waals surface area contributed by atoms with Gasteiger partial charge in [-0.1, -0.05) is 0 Å². The van der Waals surface area contributed by atoms with Gasteiger partial charge in [-0.25, -0.2) is 4.79 Å². The SMILES string of the molecule is O=C(CCN([O-])O)OCC1OC(n2ccc(=O)o2)C(O)C(O)C1O. The maximum Gasteiger partial charge on any atom is 0.357 e. The van der Waals surface area contributed by atoms with Crippen LogP contribution in [0, 0.1) is 5.21 Å². The van der Waals surface area contributed by atoms with Crippen molar-refractivity contribution in [3.8, 4) is 0 Å². The highest BCUT2D eigenvalue weighted by Crippen LogP contribution is 2.28. The Bertz CT molecular complexity index is 599. The third-order valence-electron chi connectivity index (χ3n) is 3.41. The van der Waals surface area contributed by atoms with Crippen LogP contribution in [-0.4, -0.2) is 74.0 Å². The summed E-state index contributed by atoms with van der Waals surface area (Å²) in [6.07, 6.45) is -6.56. The summed E-state index contributed by atoms with van der Waals surface area (Å²) >= 11 is 0. The van der Waals surface area contributed by atoms with Gasteiger partial charge in [-0.15, -0.1) is 0 Å². The van der Waals surface area contributed by atoms with Crippen LogP contribution in [0.4, 0.5) is 0 Å². The normalized spacial score (nSPS) is 30.5. The number of aromatic nitrogens is 1. The number of hydroxylamine groups is 2. The van der Waals surface area contributed by atoms with Gasteiger partial charge in [0.15, 0.2) is 6.23 Å². The molecule has 24 heavy (non-hydrogen) atoms. The molecule has 136 valence electrons. The number of nitrogens with zero attached hydrogens (tertiary/aromatic N) is 2. The number of hydrogen-bond acceptors (Lipinski definition) is 11. The number of esters is 1. The highest BCUT2D eigenvalue weighted by atomic mass is 16.8. The fourth-order valence-corrected chi connectivity index (χ4v) is 2.15. The van der Waals surface area contributed by atoms with E-state index in [0.717, 1.165) is 10.8 Å². The zero-order valence-electron chi connectivity index (χ0n) is 12.3. The van der Waals surface area contributed by atoms with Crippen molar-refractivity contribution >= 4 is 5.97 Å². The van der Waals surface area contributed by atoms with Crippen molar-refractivity contribution in [2.24, 2.45) is 0 Å². The topological polar surface area (TPSA) is 178 Å². The van der Waals surface area contributed by atoms with Crippen molar-refractivity contribution in [3.05, 3.63) is 27.9 Å². The number of hydrogen-bond donors (Lipinski definition) is 4. The molecule has 0 aliphatic carbocycles. The van der Waals surface area contributed by atoms with E-state index >= 15 is 0 Å². The summed E-state index contributed by atoms with van der Waals surface area (Å²) in [5.74, 6) is -0.842. The average molecular weight is 349 g/mol. The third-order valence-corrected chi connectivity index (χ3v) is 3.41. The van der Waals surface area contributed by atoms with E-state index in [1.165, 1.54) is 6.20 Å². The molecule has 12 heteroatoms. The molecule has 0 spiro atoms. The van der Waals surface area contributed by atoms with Crippen LogP contribution in [0.25, 0.3) is 0 Å². The van der Waals surface area contributed by atoms with Crippen LogP contribution < -0.4 is 5.63 Å². The summed E-state index contributed by atoms with van der Waals surface area (Å²) in [6.45, 7) is -0.985. The molecule has 0 bridgehead atoms. The summed E-state index contributed by atoms with van der Waals surface area (Å²) < 4.78 is 15.7. The van der Waals surface area contributed by atoms with Crippen molar-refractivity contribution in [3.63, 3.8) is 0 Å². The van der Waals surface area contributed by atoms with Crippen molar-refractivity contribution in [2.75, 3.05) is 13.2 Å². The highest BCUT2D eigenvalue weighted by molar-refractivity contribution is 5.69. The maximum atomic E-state index is 11.4. The van der Waals surface area contributed by atoms with Gasteiger partial charge in [0.25, 0.3) is 0 Å².